The van der Waals surface area contributed by atoms with Crippen LogP contribution in [-0.2, 0) is 0 Å². The number of hydrogen-bond acceptors (Lipinski definition) is 2. The van der Waals surface area contributed by atoms with Crippen molar-refractivity contribution < 1.29 is 14.2 Å². The minimum absolute atomic E-state index is 0.272. The molecule has 1 aromatic rings. The summed E-state index contributed by atoms with van der Waals surface area (Å²) in [7, 11) is 0. The van der Waals surface area contributed by atoms with Crippen LogP contribution in [0, 0.1) is 11.7 Å². The van der Waals surface area contributed by atoms with E-state index in [0.717, 1.165) is 37.2 Å². The molecule has 19 heavy (non-hydrogen) atoms. The summed E-state index contributed by atoms with van der Waals surface area (Å²) in [5.74, 6) is 1.01. The number of aliphatic hydroxyl groups excluding tert-OH is 1. The van der Waals surface area contributed by atoms with Crippen molar-refractivity contribution in [2.24, 2.45) is 5.92 Å². The van der Waals surface area contributed by atoms with Gasteiger partial charge < -0.3 is 9.84 Å². The van der Waals surface area contributed by atoms with Gasteiger partial charge in [0.1, 0.15) is 17.2 Å². The first-order chi connectivity index (χ1) is 9.12. The molecule has 2 nitrogen and oxygen atoms in total. The molecule has 104 valence electrons. The van der Waals surface area contributed by atoms with Gasteiger partial charge in [-0.05, 0) is 43.7 Å². The molecule has 0 unspecified atom stereocenters. The van der Waals surface area contributed by atoms with Crippen molar-refractivity contribution in [3.05, 3.63) is 29.6 Å². The lowest BCUT2D eigenvalue weighted by Gasteiger charge is -2.45. The zero-order valence-electron chi connectivity index (χ0n) is 11.4. The quantitative estimate of drug-likeness (QED) is 0.831. The van der Waals surface area contributed by atoms with E-state index in [2.05, 4.69) is 6.92 Å². The molecule has 1 N–H and O–H groups in total. The second-order valence-electron chi connectivity index (χ2n) is 6.04. The van der Waals surface area contributed by atoms with Crippen LogP contribution in [0.3, 0.4) is 0 Å². The Bertz CT molecular complexity index is 464. The van der Waals surface area contributed by atoms with E-state index in [4.69, 9.17) is 4.74 Å². The van der Waals surface area contributed by atoms with Crippen LogP contribution in [0.1, 0.15) is 57.1 Å². The van der Waals surface area contributed by atoms with Gasteiger partial charge in [0.2, 0.25) is 0 Å². The molecule has 3 rings (SSSR count). The number of aliphatic hydroxyl groups is 1. The minimum Gasteiger partial charge on any atom is -0.487 e. The molecular formula is C16H21FO2. The molecule has 1 atom stereocenters. The number of halogens is 1. The van der Waals surface area contributed by atoms with E-state index in [1.807, 2.05) is 0 Å². The van der Waals surface area contributed by atoms with E-state index >= 15 is 0 Å². The Labute approximate surface area is 113 Å². The summed E-state index contributed by atoms with van der Waals surface area (Å²) in [4.78, 5) is 0. The molecule has 1 aliphatic heterocycles. The molecule has 0 bridgehead atoms. The van der Waals surface area contributed by atoms with Gasteiger partial charge >= 0.3 is 0 Å². The van der Waals surface area contributed by atoms with Gasteiger partial charge in [0, 0.05) is 18.1 Å². The summed E-state index contributed by atoms with van der Waals surface area (Å²) in [6.07, 6.45) is 5.56. The molecule has 1 aromatic carbocycles. The molecule has 1 fully saturated rings. The summed E-state index contributed by atoms with van der Waals surface area (Å²) >= 11 is 0. The molecule has 1 aliphatic carbocycles. The van der Waals surface area contributed by atoms with Crippen molar-refractivity contribution in [2.75, 3.05) is 0 Å². The number of fused-ring (bicyclic) bond motifs is 1. The molecule has 0 saturated heterocycles. The molecule has 0 amide bonds. The second-order valence-corrected chi connectivity index (χ2v) is 6.04. The third-order valence-corrected chi connectivity index (χ3v) is 4.82. The van der Waals surface area contributed by atoms with Crippen molar-refractivity contribution in [3.63, 3.8) is 0 Å². The summed E-state index contributed by atoms with van der Waals surface area (Å²) in [5.41, 5.74) is 0.455. The smallest absolute Gasteiger partial charge is 0.128 e. The Morgan fingerprint density at radius 3 is 2.79 bits per heavy atom. The van der Waals surface area contributed by atoms with Gasteiger partial charge in [0.05, 0.1) is 6.10 Å². The molecule has 0 aromatic heterocycles. The summed E-state index contributed by atoms with van der Waals surface area (Å²) in [6.45, 7) is 2.23. The zero-order chi connectivity index (χ0) is 13.5. The summed E-state index contributed by atoms with van der Waals surface area (Å²) in [5, 5.41) is 10.3. The summed E-state index contributed by atoms with van der Waals surface area (Å²) in [6, 6.07) is 4.43. The first-order valence-electron chi connectivity index (χ1n) is 7.28. The average molecular weight is 264 g/mol. The fourth-order valence-corrected chi connectivity index (χ4v) is 3.53. The van der Waals surface area contributed by atoms with E-state index in [9.17, 15) is 9.50 Å². The average Bonchev–Trinajstić information content (AvgIpc) is 2.39. The molecule has 1 spiro atoms. The van der Waals surface area contributed by atoms with Crippen LogP contribution in [0.4, 0.5) is 4.39 Å². The van der Waals surface area contributed by atoms with E-state index in [0.29, 0.717) is 12.2 Å². The van der Waals surface area contributed by atoms with Crippen molar-refractivity contribution in [3.8, 4) is 5.75 Å². The number of benzene rings is 1. The summed E-state index contributed by atoms with van der Waals surface area (Å²) < 4.78 is 19.4. The fraction of sp³-hybridized carbons (Fsp3) is 0.625. The van der Waals surface area contributed by atoms with Crippen molar-refractivity contribution >= 4 is 0 Å². The predicted octanol–water partition coefficient (Wildman–Crippen LogP) is 3.98. The van der Waals surface area contributed by atoms with Crippen LogP contribution < -0.4 is 4.74 Å². The normalized spacial score (nSPS) is 33.8. The Balaban J connectivity index is 1.84. The number of rotatable bonds is 1. The van der Waals surface area contributed by atoms with Crippen molar-refractivity contribution in [1.29, 1.82) is 0 Å². The Kier molecular flexibility index (Phi) is 3.25. The standard InChI is InChI=1S/C16H21FO2/c1-2-11-5-7-16(8-6-11)10-14(18)13-4-3-12(17)9-15(13)19-16/h3-4,9,11,14,18H,2,5-8,10H2,1H3/t11?,14-,16?/m0/s1. The van der Waals surface area contributed by atoms with Gasteiger partial charge in [-0.15, -0.1) is 0 Å². The first kappa shape index (κ1) is 12.9. The highest BCUT2D eigenvalue weighted by Gasteiger charge is 2.42. The van der Waals surface area contributed by atoms with Crippen LogP contribution in [0.25, 0.3) is 0 Å². The molecule has 1 saturated carbocycles. The number of hydrogen-bond donors (Lipinski definition) is 1. The van der Waals surface area contributed by atoms with Crippen molar-refractivity contribution in [2.45, 2.75) is 57.2 Å². The monoisotopic (exact) mass is 264 g/mol. The highest BCUT2D eigenvalue weighted by atomic mass is 19.1. The highest BCUT2D eigenvalue weighted by Crippen LogP contribution is 2.47. The lowest BCUT2D eigenvalue weighted by atomic mass is 9.73. The molecule has 3 heteroatoms. The molecule has 0 radical (unpaired) electrons. The van der Waals surface area contributed by atoms with Gasteiger partial charge in [-0.2, -0.15) is 0 Å². The van der Waals surface area contributed by atoms with Gasteiger partial charge in [-0.3, -0.25) is 0 Å². The van der Waals surface area contributed by atoms with Gasteiger partial charge in [-0.25, -0.2) is 4.39 Å². The van der Waals surface area contributed by atoms with E-state index in [-0.39, 0.29) is 11.4 Å². The fourth-order valence-electron chi connectivity index (χ4n) is 3.53. The van der Waals surface area contributed by atoms with Gasteiger partial charge in [0.15, 0.2) is 0 Å². The van der Waals surface area contributed by atoms with Crippen LogP contribution >= 0.6 is 0 Å². The van der Waals surface area contributed by atoms with Gasteiger partial charge in [-0.1, -0.05) is 13.3 Å². The molecule has 2 aliphatic rings. The first-order valence-corrected chi connectivity index (χ1v) is 7.28. The van der Waals surface area contributed by atoms with Crippen LogP contribution in [0.15, 0.2) is 18.2 Å². The lowest BCUT2D eigenvalue weighted by Crippen LogP contribution is -2.44. The van der Waals surface area contributed by atoms with E-state index in [1.54, 1.807) is 6.07 Å². The lowest BCUT2D eigenvalue weighted by molar-refractivity contribution is -0.0472. The minimum atomic E-state index is -0.525. The number of ether oxygens (including phenoxy) is 1. The molecule has 1 heterocycles. The largest absolute Gasteiger partial charge is 0.487 e. The van der Waals surface area contributed by atoms with E-state index < -0.39 is 6.10 Å². The van der Waals surface area contributed by atoms with Gasteiger partial charge in [0.25, 0.3) is 0 Å². The predicted molar refractivity (Wildman–Crippen MR) is 71.6 cm³/mol. The Morgan fingerprint density at radius 1 is 1.37 bits per heavy atom. The Hall–Kier alpha value is -1.09. The van der Waals surface area contributed by atoms with E-state index in [1.165, 1.54) is 18.6 Å². The zero-order valence-corrected chi connectivity index (χ0v) is 11.4. The molecular weight excluding hydrogens is 243 g/mol. The Morgan fingerprint density at radius 2 is 2.11 bits per heavy atom. The van der Waals surface area contributed by atoms with Crippen LogP contribution in [-0.4, -0.2) is 10.7 Å². The van der Waals surface area contributed by atoms with Crippen molar-refractivity contribution in [1.82, 2.24) is 0 Å². The van der Waals surface area contributed by atoms with Crippen LogP contribution in [0.2, 0.25) is 0 Å². The maximum atomic E-state index is 13.3. The SMILES string of the molecule is CCC1CCC2(CC1)C[C@H](O)c1ccc(F)cc1O2. The third-order valence-electron chi connectivity index (χ3n) is 4.82. The second kappa shape index (κ2) is 4.78. The topological polar surface area (TPSA) is 29.5 Å². The maximum absolute atomic E-state index is 13.3. The third kappa shape index (κ3) is 2.36. The highest BCUT2D eigenvalue weighted by molar-refractivity contribution is 5.38. The van der Waals surface area contributed by atoms with Crippen LogP contribution in [0.5, 0.6) is 5.75 Å². The maximum Gasteiger partial charge on any atom is 0.128 e.